The fraction of sp³-hybridized carbons (Fsp3) is 0.300. The topological polar surface area (TPSA) is 58.6 Å². The molecule has 1 aliphatic heterocycles. The maximum Gasteiger partial charge on any atom is 0.254 e. The summed E-state index contributed by atoms with van der Waals surface area (Å²) in [6.45, 7) is 2.83. The Morgan fingerprint density at radius 3 is 2.81 bits per heavy atom. The van der Waals surface area contributed by atoms with Gasteiger partial charge in [0.1, 0.15) is 17.6 Å². The lowest BCUT2D eigenvalue weighted by Crippen LogP contribution is -2.43. The number of nitrogens with zero attached hydrogens (tertiary/aromatic N) is 1. The largest absolute Gasteiger partial charge is 0.492 e. The standard InChI is InChI=1S/C20H21FN2O3/c1-2-26-18-11-4-3-9-16(18)22-19(24)17-10-6-12-23(17)20(25)14-7-5-8-15(21)13-14/h3-5,7-9,11,13,17H,2,6,10,12H2,1H3,(H,22,24)/t17-/m0/s1. The van der Waals surface area contributed by atoms with E-state index in [1.54, 1.807) is 18.2 Å². The number of likely N-dealkylation sites (tertiary alicyclic amines) is 1. The van der Waals surface area contributed by atoms with Gasteiger partial charge in [-0.15, -0.1) is 0 Å². The number of carbonyl (C=O) groups is 2. The van der Waals surface area contributed by atoms with Gasteiger partial charge >= 0.3 is 0 Å². The zero-order valence-corrected chi connectivity index (χ0v) is 14.6. The van der Waals surface area contributed by atoms with Gasteiger partial charge in [0.25, 0.3) is 5.91 Å². The molecule has 1 saturated heterocycles. The molecule has 0 aromatic heterocycles. The highest BCUT2D eigenvalue weighted by Gasteiger charge is 2.34. The molecule has 2 aromatic carbocycles. The summed E-state index contributed by atoms with van der Waals surface area (Å²) >= 11 is 0. The van der Waals surface area contributed by atoms with E-state index < -0.39 is 11.9 Å². The van der Waals surface area contributed by atoms with Gasteiger partial charge in [0.15, 0.2) is 0 Å². The third kappa shape index (κ3) is 3.85. The van der Waals surface area contributed by atoms with Crippen LogP contribution in [-0.4, -0.2) is 35.9 Å². The fourth-order valence-electron chi connectivity index (χ4n) is 3.14. The number of para-hydroxylation sites is 2. The Morgan fingerprint density at radius 1 is 1.23 bits per heavy atom. The van der Waals surface area contributed by atoms with Crippen molar-refractivity contribution in [2.24, 2.45) is 0 Å². The molecular weight excluding hydrogens is 335 g/mol. The van der Waals surface area contributed by atoms with Gasteiger partial charge in [0, 0.05) is 12.1 Å². The van der Waals surface area contributed by atoms with Crippen LogP contribution in [-0.2, 0) is 4.79 Å². The molecule has 0 unspecified atom stereocenters. The lowest BCUT2D eigenvalue weighted by Gasteiger charge is -2.24. The molecule has 3 rings (SSSR count). The molecule has 1 heterocycles. The average Bonchev–Trinajstić information content (AvgIpc) is 3.13. The second-order valence-corrected chi connectivity index (χ2v) is 6.09. The van der Waals surface area contributed by atoms with E-state index in [2.05, 4.69) is 5.32 Å². The minimum atomic E-state index is -0.583. The zero-order valence-electron chi connectivity index (χ0n) is 14.6. The number of hydrogen-bond donors (Lipinski definition) is 1. The molecule has 1 N–H and O–H groups in total. The molecule has 5 nitrogen and oxygen atoms in total. The van der Waals surface area contributed by atoms with Crippen LogP contribution >= 0.6 is 0 Å². The lowest BCUT2D eigenvalue weighted by atomic mass is 10.1. The number of halogens is 1. The van der Waals surface area contributed by atoms with Crippen molar-refractivity contribution in [3.8, 4) is 5.75 Å². The van der Waals surface area contributed by atoms with Crippen molar-refractivity contribution in [1.82, 2.24) is 4.90 Å². The normalized spacial score (nSPS) is 16.4. The Morgan fingerprint density at radius 2 is 2.04 bits per heavy atom. The molecule has 0 spiro atoms. The number of nitrogens with one attached hydrogen (secondary N) is 1. The average molecular weight is 356 g/mol. The maximum atomic E-state index is 13.4. The Balaban J connectivity index is 1.76. The van der Waals surface area contributed by atoms with Crippen LogP contribution in [0.4, 0.5) is 10.1 Å². The highest BCUT2D eigenvalue weighted by atomic mass is 19.1. The van der Waals surface area contributed by atoms with Crippen LogP contribution in [0.3, 0.4) is 0 Å². The summed E-state index contributed by atoms with van der Waals surface area (Å²) in [6, 6.07) is 12.1. The van der Waals surface area contributed by atoms with E-state index in [1.807, 2.05) is 19.1 Å². The van der Waals surface area contributed by atoms with Crippen molar-refractivity contribution in [3.05, 3.63) is 59.9 Å². The Bertz CT molecular complexity index is 809. The first-order valence-corrected chi connectivity index (χ1v) is 8.69. The van der Waals surface area contributed by atoms with Crippen molar-refractivity contribution >= 4 is 17.5 Å². The molecule has 6 heteroatoms. The van der Waals surface area contributed by atoms with E-state index in [1.165, 1.54) is 23.1 Å². The summed E-state index contributed by atoms with van der Waals surface area (Å²) in [5.41, 5.74) is 0.823. The summed E-state index contributed by atoms with van der Waals surface area (Å²) in [4.78, 5) is 26.9. The monoisotopic (exact) mass is 356 g/mol. The van der Waals surface area contributed by atoms with Crippen LogP contribution < -0.4 is 10.1 Å². The summed E-state index contributed by atoms with van der Waals surface area (Å²) in [5, 5.41) is 2.85. The molecule has 136 valence electrons. The first kappa shape index (κ1) is 17.9. The molecule has 0 radical (unpaired) electrons. The summed E-state index contributed by atoms with van der Waals surface area (Å²) in [6.07, 6.45) is 1.30. The smallest absolute Gasteiger partial charge is 0.254 e. The maximum absolute atomic E-state index is 13.4. The number of rotatable bonds is 5. The Hall–Kier alpha value is -2.89. The van der Waals surface area contributed by atoms with Gasteiger partial charge in [-0.3, -0.25) is 9.59 Å². The van der Waals surface area contributed by atoms with Crippen LogP contribution in [0.1, 0.15) is 30.1 Å². The summed E-state index contributed by atoms with van der Waals surface area (Å²) in [7, 11) is 0. The molecule has 1 aliphatic rings. The van der Waals surface area contributed by atoms with Gasteiger partial charge < -0.3 is 15.0 Å². The molecular formula is C20H21FN2O3. The van der Waals surface area contributed by atoms with Gasteiger partial charge in [0.05, 0.1) is 12.3 Å². The predicted octanol–water partition coefficient (Wildman–Crippen LogP) is 3.47. The van der Waals surface area contributed by atoms with Gasteiger partial charge in [-0.1, -0.05) is 18.2 Å². The number of ether oxygens (including phenoxy) is 1. The van der Waals surface area contributed by atoms with Crippen molar-refractivity contribution in [1.29, 1.82) is 0 Å². The van der Waals surface area contributed by atoms with E-state index in [9.17, 15) is 14.0 Å². The number of amides is 2. The van der Waals surface area contributed by atoms with E-state index >= 15 is 0 Å². The van der Waals surface area contributed by atoms with E-state index in [0.717, 1.165) is 6.42 Å². The van der Waals surface area contributed by atoms with Crippen molar-refractivity contribution in [3.63, 3.8) is 0 Å². The first-order valence-electron chi connectivity index (χ1n) is 8.69. The van der Waals surface area contributed by atoms with Crippen molar-refractivity contribution < 1.29 is 18.7 Å². The van der Waals surface area contributed by atoms with Crippen LogP contribution in [0.15, 0.2) is 48.5 Å². The van der Waals surface area contributed by atoms with Crippen molar-refractivity contribution in [2.45, 2.75) is 25.8 Å². The summed E-state index contributed by atoms with van der Waals surface area (Å²) in [5.74, 6) is -0.481. The number of hydrogen-bond acceptors (Lipinski definition) is 3. The molecule has 1 atom stereocenters. The van der Waals surface area contributed by atoms with Gasteiger partial charge in [0.2, 0.25) is 5.91 Å². The number of anilines is 1. The van der Waals surface area contributed by atoms with Gasteiger partial charge in [-0.05, 0) is 50.1 Å². The highest BCUT2D eigenvalue weighted by Crippen LogP contribution is 2.26. The zero-order chi connectivity index (χ0) is 18.5. The molecule has 0 bridgehead atoms. The van der Waals surface area contributed by atoms with E-state index in [-0.39, 0.29) is 17.4 Å². The minimum Gasteiger partial charge on any atom is -0.492 e. The molecule has 0 aliphatic carbocycles. The quantitative estimate of drug-likeness (QED) is 0.892. The molecule has 2 amide bonds. The molecule has 2 aromatic rings. The minimum absolute atomic E-state index is 0.249. The lowest BCUT2D eigenvalue weighted by molar-refractivity contribution is -0.119. The molecule has 0 saturated carbocycles. The third-order valence-electron chi connectivity index (χ3n) is 4.33. The van der Waals surface area contributed by atoms with Crippen molar-refractivity contribution in [2.75, 3.05) is 18.5 Å². The van der Waals surface area contributed by atoms with Crippen LogP contribution in [0.5, 0.6) is 5.75 Å². The second-order valence-electron chi connectivity index (χ2n) is 6.09. The first-order chi connectivity index (χ1) is 12.6. The molecule has 1 fully saturated rings. The van der Waals surface area contributed by atoms with Crippen LogP contribution in [0.2, 0.25) is 0 Å². The predicted molar refractivity (Wildman–Crippen MR) is 96.7 cm³/mol. The second kappa shape index (κ2) is 7.99. The van der Waals surface area contributed by atoms with Gasteiger partial charge in [-0.2, -0.15) is 0 Å². The van der Waals surface area contributed by atoms with E-state index in [4.69, 9.17) is 4.74 Å². The number of benzene rings is 2. The third-order valence-corrected chi connectivity index (χ3v) is 4.33. The molecule has 26 heavy (non-hydrogen) atoms. The Labute approximate surface area is 151 Å². The fourth-order valence-corrected chi connectivity index (χ4v) is 3.14. The number of carbonyl (C=O) groups excluding carboxylic acids is 2. The Kier molecular flexibility index (Phi) is 5.51. The van der Waals surface area contributed by atoms with Gasteiger partial charge in [-0.25, -0.2) is 4.39 Å². The van der Waals surface area contributed by atoms with E-state index in [0.29, 0.717) is 31.0 Å². The van der Waals surface area contributed by atoms with Crippen LogP contribution in [0, 0.1) is 5.82 Å². The SMILES string of the molecule is CCOc1ccccc1NC(=O)[C@@H]1CCCN1C(=O)c1cccc(F)c1. The highest BCUT2D eigenvalue weighted by molar-refractivity contribution is 6.02. The summed E-state index contributed by atoms with van der Waals surface area (Å²) < 4.78 is 18.9. The van der Waals surface area contributed by atoms with Crippen LogP contribution in [0.25, 0.3) is 0 Å².